The Hall–Kier alpha value is -3.61. The van der Waals surface area contributed by atoms with Crippen molar-refractivity contribution >= 4 is 27.7 Å². The van der Waals surface area contributed by atoms with E-state index in [1.54, 1.807) is 31.4 Å². The summed E-state index contributed by atoms with van der Waals surface area (Å²) in [4.78, 5) is 29.3. The van der Waals surface area contributed by atoms with Gasteiger partial charge in [-0.2, -0.15) is 9.78 Å². The lowest BCUT2D eigenvalue weighted by Gasteiger charge is -2.33. The van der Waals surface area contributed by atoms with Crippen molar-refractivity contribution in [3.63, 3.8) is 0 Å². The van der Waals surface area contributed by atoms with E-state index in [0.717, 1.165) is 30.2 Å². The van der Waals surface area contributed by atoms with Gasteiger partial charge in [0.25, 0.3) is 11.5 Å². The number of nitrogens with zero attached hydrogens (tertiary/aromatic N) is 4. The number of piperidine rings is 1. The van der Waals surface area contributed by atoms with E-state index in [1.807, 2.05) is 40.8 Å². The van der Waals surface area contributed by atoms with Crippen molar-refractivity contribution in [3.05, 3.63) is 64.6 Å². The highest BCUT2D eigenvalue weighted by Gasteiger charge is 2.30. The zero-order valence-electron chi connectivity index (χ0n) is 18.5. The van der Waals surface area contributed by atoms with Crippen LogP contribution in [0.1, 0.15) is 36.7 Å². The zero-order chi connectivity index (χ0) is 22.4. The van der Waals surface area contributed by atoms with E-state index in [9.17, 15) is 9.59 Å². The normalized spacial score (nSPS) is 16.6. The average molecular weight is 431 g/mol. The summed E-state index contributed by atoms with van der Waals surface area (Å²) in [6.45, 7) is 2.78. The van der Waals surface area contributed by atoms with Crippen molar-refractivity contribution in [2.45, 2.75) is 32.2 Å². The summed E-state index contributed by atoms with van der Waals surface area (Å²) < 4.78 is 8.45. The molecule has 1 aliphatic heterocycles. The van der Waals surface area contributed by atoms with Crippen LogP contribution in [0.3, 0.4) is 0 Å². The van der Waals surface area contributed by atoms with Crippen LogP contribution >= 0.6 is 0 Å². The summed E-state index contributed by atoms with van der Waals surface area (Å²) in [6, 6.07) is 15.0. The van der Waals surface area contributed by atoms with Crippen molar-refractivity contribution in [2.75, 3.05) is 13.7 Å². The molecule has 2 aromatic heterocycles. The van der Waals surface area contributed by atoms with Crippen molar-refractivity contribution in [3.8, 4) is 11.4 Å². The van der Waals surface area contributed by atoms with Crippen LogP contribution in [0.2, 0.25) is 0 Å². The molecule has 0 spiro atoms. The maximum absolute atomic E-state index is 13.8. The van der Waals surface area contributed by atoms with Crippen molar-refractivity contribution in [1.29, 1.82) is 0 Å². The number of carbonyl (C=O) groups is 1. The molecule has 0 N–H and O–H groups in total. The van der Waals surface area contributed by atoms with Crippen LogP contribution in [-0.4, -0.2) is 44.9 Å². The van der Waals surface area contributed by atoms with Crippen LogP contribution in [0.15, 0.2) is 53.3 Å². The fraction of sp³-hybridized carbons (Fsp3) is 0.320. The largest absolute Gasteiger partial charge is 0.497 e. The molecule has 0 bridgehead atoms. The number of aryl methyl sites for hydroxylation is 1. The molecule has 5 rings (SSSR count). The second-order valence-electron chi connectivity index (χ2n) is 8.41. The summed E-state index contributed by atoms with van der Waals surface area (Å²) in [5.74, 6) is 0.562. The van der Waals surface area contributed by atoms with Gasteiger partial charge in [0.2, 0.25) is 0 Å². The molecule has 1 saturated heterocycles. The first-order valence-electron chi connectivity index (χ1n) is 11.0. The molecule has 164 valence electrons. The molecular formula is C25H26N4O3. The number of ether oxygens (including phenoxy) is 1. The standard InChI is InChI=1S/C25H26N4O3/c1-16-8-6-7-15-28(16)24(30)22-21-19-9-4-5-10-20(19)27(2)23(21)25(31)29(26-22)17-11-13-18(32-3)14-12-17/h4-5,9-14,16H,6-8,15H2,1-3H3/t16-/m0/s1. The average Bonchev–Trinajstić information content (AvgIpc) is 3.13. The Kier molecular flexibility index (Phi) is 4.96. The minimum Gasteiger partial charge on any atom is -0.497 e. The molecule has 0 aliphatic carbocycles. The molecule has 1 atom stereocenters. The highest BCUT2D eigenvalue weighted by molar-refractivity contribution is 6.16. The van der Waals surface area contributed by atoms with E-state index < -0.39 is 0 Å². The van der Waals surface area contributed by atoms with E-state index in [-0.39, 0.29) is 17.5 Å². The molecule has 0 radical (unpaired) electrons. The Balaban J connectivity index is 1.82. The molecule has 32 heavy (non-hydrogen) atoms. The van der Waals surface area contributed by atoms with Gasteiger partial charge >= 0.3 is 0 Å². The zero-order valence-corrected chi connectivity index (χ0v) is 18.5. The van der Waals surface area contributed by atoms with Gasteiger partial charge in [-0.25, -0.2) is 0 Å². The quantitative estimate of drug-likeness (QED) is 0.494. The second-order valence-corrected chi connectivity index (χ2v) is 8.41. The predicted molar refractivity (Wildman–Crippen MR) is 125 cm³/mol. The SMILES string of the molecule is COc1ccc(-n2nc(C(=O)N3CCCC[C@@H]3C)c3c4ccccc4n(C)c3c2=O)cc1. The van der Waals surface area contributed by atoms with Crippen molar-refractivity contribution < 1.29 is 9.53 Å². The third kappa shape index (κ3) is 3.07. The van der Waals surface area contributed by atoms with Crippen LogP contribution in [-0.2, 0) is 7.05 Å². The topological polar surface area (TPSA) is 69.4 Å². The van der Waals surface area contributed by atoms with Crippen LogP contribution in [0.25, 0.3) is 27.5 Å². The van der Waals surface area contributed by atoms with Gasteiger partial charge in [-0.1, -0.05) is 18.2 Å². The number of amides is 1. The number of fused-ring (bicyclic) bond motifs is 3. The first-order chi connectivity index (χ1) is 15.5. The number of carbonyl (C=O) groups excluding carboxylic acids is 1. The summed E-state index contributed by atoms with van der Waals surface area (Å²) in [6.07, 6.45) is 3.07. The van der Waals surface area contributed by atoms with Gasteiger partial charge in [0.1, 0.15) is 11.3 Å². The first kappa shape index (κ1) is 20.3. The molecule has 3 heterocycles. The van der Waals surface area contributed by atoms with E-state index in [1.165, 1.54) is 4.68 Å². The van der Waals surface area contributed by atoms with Crippen LogP contribution < -0.4 is 10.3 Å². The minimum atomic E-state index is -0.257. The van der Waals surface area contributed by atoms with Gasteiger partial charge in [-0.3, -0.25) is 9.59 Å². The molecule has 4 aromatic rings. The number of rotatable bonds is 3. The molecule has 0 saturated carbocycles. The lowest BCUT2D eigenvalue weighted by Crippen LogP contribution is -2.43. The third-order valence-corrected chi connectivity index (χ3v) is 6.52. The summed E-state index contributed by atoms with van der Waals surface area (Å²) in [5, 5.41) is 6.15. The van der Waals surface area contributed by atoms with E-state index in [4.69, 9.17) is 4.74 Å². The maximum Gasteiger partial charge on any atom is 0.296 e. The van der Waals surface area contributed by atoms with Crippen LogP contribution in [0.4, 0.5) is 0 Å². The molecular weight excluding hydrogens is 404 g/mol. The molecule has 1 fully saturated rings. The lowest BCUT2D eigenvalue weighted by atomic mass is 10.0. The Morgan fingerprint density at radius 1 is 1.09 bits per heavy atom. The van der Waals surface area contributed by atoms with Crippen LogP contribution in [0.5, 0.6) is 5.75 Å². The van der Waals surface area contributed by atoms with Gasteiger partial charge in [-0.15, -0.1) is 0 Å². The number of para-hydroxylation sites is 1. The van der Waals surface area contributed by atoms with Gasteiger partial charge in [0, 0.05) is 35.9 Å². The number of hydrogen-bond donors (Lipinski definition) is 0. The molecule has 1 amide bonds. The van der Waals surface area contributed by atoms with E-state index in [2.05, 4.69) is 12.0 Å². The van der Waals surface area contributed by atoms with Crippen molar-refractivity contribution in [1.82, 2.24) is 19.2 Å². The Bertz CT molecular complexity index is 1380. The molecule has 1 aliphatic rings. The molecule has 2 aromatic carbocycles. The van der Waals surface area contributed by atoms with Gasteiger partial charge in [-0.05, 0) is 56.5 Å². The highest BCUT2D eigenvalue weighted by Crippen LogP contribution is 2.30. The summed E-state index contributed by atoms with van der Waals surface area (Å²) >= 11 is 0. The Morgan fingerprint density at radius 3 is 2.56 bits per heavy atom. The number of methoxy groups -OCH3 is 1. The first-order valence-corrected chi connectivity index (χ1v) is 11.0. The number of hydrogen-bond acceptors (Lipinski definition) is 4. The van der Waals surface area contributed by atoms with Gasteiger partial charge in [0.05, 0.1) is 12.8 Å². The molecule has 7 nitrogen and oxygen atoms in total. The minimum absolute atomic E-state index is 0.124. The predicted octanol–water partition coefficient (Wildman–Crippen LogP) is 3.90. The summed E-state index contributed by atoms with van der Waals surface area (Å²) in [7, 11) is 3.46. The number of aromatic nitrogens is 3. The smallest absolute Gasteiger partial charge is 0.296 e. The summed E-state index contributed by atoms with van der Waals surface area (Å²) in [5.41, 5.74) is 2.02. The lowest BCUT2D eigenvalue weighted by molar-refractivity contribution is 0.0630. The van der Waals surface area contributed by atoms with E-state index in [0.29, 0.717) is 34.6 Å². The molecule has 7 heteroatoms. The molecule has 0 unspecified atom stereocenters. The van der Waals surface area contributed by atoms with Crippen LogP contribution in [0, 0.1) is 0 Å². The monoisotopic (exact) mass is 430 g/mol. The second kappa shape index (κ2) is 7.82. The van der Waals surface area contributed by atoms with Gasteiger partial charge in [0.15, 0.2) is 5.69 Å². The Morgan fingerprint density at radius 2 is 1.84 bits per heavy atom. The third-order valence-electron chi connectivity index (χ3n) is 6.52. The van der Waals surface area contributed by atoms with Crippen molar-refractivity contribution in [2.24, 2.45) is 7.05 Å². The maximum atomic E-state index is 13.8. The highest BCUT2D eigenvalue weighted by atomic mass is 16.5. The van der Waals surface area contributed by atoms with Gasteiger partial charge < -0.3 is 14.2 Å². The van der Waals surface area contributed by atoms with E-state index >= 15 is 0 Å². The fourth-order valence-electron chi connectivity index (χ4n) is 4.76. The number of likely N-dealkylation sites (tertiary alicyclic amines) is 1. The Labute approximate surface area is 185 Å². The number of benzene rings is 2. The fourth-order valence-corrected chi connectivity index (χ4v) is 4.76.